The number of likely N-dealkylation sites (tertiary alicyclic amines) is 1. The Morgan fingerprint density at radius 2 is 1.58 bits per heavy atom. The molecule has 8 nitrogen and oxygen atoms in total. The van der Waals surface area contributed by atoms with Gasteiger partial charge in [0.2, 0.25) is 0 Å². The minimum absolute atomic E-state index is 0.124. The van der Waals surface area contributed by atoms with Crippen LogP contribution in [0.25, 0.3) is 0 Å². The van der Waals surface area contributed by atoms with Gasteiger partial charge in [-0.25, -0.2) is 4.79 Å². The number of nitrogens with zero attached hydrogens (tertiary/aromatic N) is 1. The second-order valence-corrected chi connectivity index (χ2v) is 8.33. The first-order valence-electron chi connectivity index (χ1n) is 10.7. The predicted octanol–water partition coefficient (Wildman–Crippen LogP) is 2.79. The summed E-state index contributed by atoms with van der Waals surface area (Å²) in [4.78, 5) is 39.9. The van der Waals surface area contributed by atoms with Gasteiger partial charge in [-0.2, -0.15) is 0 Å². The molecule has 1 aliphatic rings. The summed E-state index contributed by atoms with van der Waals surface area (Å²) < 4.78 is 15.7. The number of benzene rings is 1. The maximum atomic E-state index is 12.8. The first kappa shape index (κ1) is 24.5. The highest BCUT2D eigenvalue weighted by molar-refractivity contribution is 5.97. The largest absolute Gasteiger partial charge is 0.497 e. The first-order valence-corrected chi connectivity index (χ1v) is 10.7. The van der Waals surface area contributed by atoms with Gasteiger partial charge in [0, 0.05) is 23.7 Å². The van der Waals surface area contributed by atoms with E-state index in [0.29, 0.717) is 17.1 Å². The van der Waals surface area contributed by atoms with Gasteiger partial charge in [0.15, 0.2) is 6.61 Å². The van der Waals surface area contributed by atoms with Crippen LogP contribution in [0.15, 0.2) is 18.2 Å². The predicted molar refractivity (Wildman–Crippen MR) is 116 cm³/mol. The molecule has 1 N–H and O–H groups in total. The summed E-state index contributed by atoms with van der Waals surface area (Å²) in [5.74, 6) is -0.611. The average Bonchev–Trinajstić information content (AvgIpc) is 2.74. The Bertz CT molecular complexity index is 762. The number of hydrogen-bond donors (Lipinski definition) is 1. The molecule has 3 atom stereocenters. The lowest BCUT2D eigenvalue weighted by molar-refractivity contribution is -0.157. The Morgan fingerprint density at radius 3 is 2.06 bits per heavy atom. The Hall–Kier alpha value is -2.77. The minimum atomic E-state index is -0.895. The van der Waals surface area contributed by atoms with Gasteiger partial charge >= 0.3 is 5.97 Å². The highest BCUT2D eigenvalue weighted by Gasteiger charge is 2.31. The molecule has 1 aromatic carbocycles. The molecular weight excluding hydrogens is 400 g/mol. The van der Waals surface area contributed by atoms with Crippen LogP contribution < -0.4 is 14.8 Å². The van der Waals surface area contributed by atoms with E-state index in [9.17, 15) is 14.4 Å². The third-order valence-electron chi connectivity index (χ3n) is 5.64. The van der Waals surface area contributed by atoms with E-state index in [2.05, 4.69) is 5.32 Å². The highest BCUT2D eigenvalue weighted by atomic mass is 16.5. The molecule has 8 heteroatoms. The number of rotatable bonds is 8. The van der Waals surface area contributed by atoms with Crippen molar-refractivity contribution in [2.75, 3.05) is 20.8 Å². The van der Waals surface area contributed by atoms with Crippen molar-refractivity contribution in [2.45, 2.75) is 65.1 Å². The van der Waals surface area contributed by atoms with Crippen molar-refractivity contribution in [2.24, 2.45) is 5.92 Å². The van der Waals surface area contributed by atoms with Gasteiger partial charge < -0.3 is 24.4 Å². The first-order chi connectivity index (χ1) is 14.7. The standard InChI is InChI=1S/C23H34N2O6/c1-14(2)21(24-22(27)17-10-18(29-5)12-19(11-17)30-6)23(28)31-13-20(26)25-15(3)8-7-9-16(25)4/h10-12,14-16,21H,7-9,13H2,1-6H3,(H,24,27)/t15?,16?,21-/m0/s1. The van der Waals surface area contributed by atoms with Crippen LogP contribution in [-0.4, -0.2) is 61.6 Å². The van der Waals surface area contributed by atoms with Gasteiger partial charge in [-0.05, 0) is 51.2 Å². The van der Waals surface area contributed by atoms with Crippen molar-refractivity contribution in [1.29, 1.82) is 0 Å². The second kappa shape index (κ2) is 11.0. The molecular formula is C23H34N2O6. The van der Waals surface area contributed by atoms with Gasteiger partial charge in [-0.1, -0.05) is 13.8 Å². The third kappa shape index (κ3) is 6.35. The number of nitrogens with one attached hydrogen (secondary N) is 1. The molecule has 2 unspecified atom stereocenters. The van der Waals surface area contributed by atoms with Crippen molar-refractivity contribution in [3.8, 4) is 11.5 Å². The molecule has 1 fully saturated rings. The molecule has 0 saturated carbocycles. The van der Waals surface area contributed by atoms with Crippen LogP contribution in [0.4, 0.5) is 0 Å². The molecule has 1 aliphatic heterocycles. The summed E-state index contributed by atoms with van der Waals surface area (Å²) in [5, 5.41) is 2.71. The number of amides is 2. The molecule has 0 radical (unpaired) electrons. The monoisotopic (exact) mass is 434 g/mol. The number of carbonyl (C=O) groups is 3. The lowest BCUT2D eigenvalue weighted by Crippen LogP contribution is -2.50. The molecule has 1 saturated heterocycles. The Labute approximate surface area is 184 Å². The Balaban J connectivity index is 2.04. The number of hydrogen-bond acceptors (Lipinski definition) is 6. The van der Waals surface area contributed by atoms with Crippen LogP contribution >= 0.6 is 0 Å². The van der Waals surface area contributed by atoms with Crippen LogP contribution in [-0.2, 0) is 14.3 Å². The summed E-state index contributed by atoms with van der Waals surface area (Å²) in [5.41, 5.74) is 0.293. The summed E-state index contributed by atoms with van der Waals surface area (Å²) in [6.45, 7) is 7.29. The lowest BCUT2D eigenvalue weighted by atomic mass is 9.97. The third-order valence-corrected chi connectivity index (χ3v) is 5.64. The average molecular weight is 435 g/mol. The maximum Gasteiger partial charge on any atom is 0.329 e. The van der Waals surface area contributed by atoms with Crippen LogP contribution in [0.3, 0.4) is 0 Å². The Morgan fingerprint density at radius 1 is 1.03 bits per heavy atom. The van der Waals surface area contributed by atoms with E-state index < -0.39 is 17.9 Å². The molecule has 0 spiro atoms. The number of methoxy groups -OCH3 is 2. The number of piperidine rings is 1. The summed E-state index contributed by atoms with van der Waals surface area (Å²) >= 11 is 0. The zero-order valence-corrected chi connectivity index (χ0v) is 19.3. The van der Waals surface area contributed by atoms with Crippen molar-refractivity contribution in [3.63, 3.8) is 0 Å². The smallest absolute Gasteiger partial charge is 0.329 e. The molecule has 0 aliphatic carbocycles. The fourth-order valence-electron chi connectivity index (χ4n) is 3.87. The molecule has 31 heavy (non-hydrogen) atoms. The number of esters is 1. The second-order valence-electron chi connectivity index (χ2n) is 8.33. The normalized spacial score (nSPS) is 19.5. The topological polar surface area (TPSA) is 94.2 Å². The van der Waals surface area contributed by atoms with E-state index >= 15 is 0 Å². The Kier molecular flexibility index (Phi) is 8.71. The van der Waals surface area contributed by atoms with Crippen LogP contribution in [0, 0.1) is 5.92 Å². The molecule has 0 aromatic heterocycles. The van der Waals surface area contributed by atoms with Gasteiger partial charge in [-0.3, -0.25) is 9.59 Å². The number of carbonyl (C=O) groups excluding carboxylic acids is 3. The molecule has 1 aromatic rings. The van der Waals surface area contributed by atoms with Crippen molar-refractivity contribution < 1.29 is 28.6 Å². The molecule has 1 heterocycles. The van der Waals surface area contributed by atoms with Crippen molar-refractivity contribution >= 4 is 17.8 Å². The summed E-state index contributed by atoms with van der Waals surface area (Å²) in [7, 11) is 2.98. The van der Waals surface area contributed by atoms with E-state index in [4.69, 9.17) is 14.2 Å². The molecule has 172 valence electrons. The molecule has 2 rings (SSSR count). The van der Waals surface area contributed by atoms with E-state index in [1.165, 1.54) is 14.2 Å². The summed E-state index contributed by atoms with van der Waals surface area (Å²) in [6.07, 6.45) is 2.97. The quantitative estimate of drug-likeness (QED) is 0.633. The van der Waals surface area contributed by atoms with Gasteiger partial charge in [0.1, 0.15) is 17.5 Å². The molecule has 0 bridgehead atoms. The van der Waals surface area contributed by atoms with Crippen molar-refractivity contribution in [1.82, 2.24) is 10.2 Å². The van der Waals surface area contributed by atoms with E-state index in [0.717, 1.165) is 19.3 Å². The highest BCUT2D eigenvalue weighted by Crippen LogP contribution is 2.24. The van der Waals surface area contributed by atoms with Crippen molar-refractivity contribution in [3.05, 3.63) is 23.8 Å². The maximum absolute atomic E-state index is 12.8. The van der Waals surface area contributed by atoms with Gasteiger partial charge in [0.25, 0.3) is 11.8 Å². The van der Waals surface area contributed by atoms with E-state index in [1.54, 1.807) is 36.9 Å². The number of ether oxygens (including phenoxy) is 3. The van der Waals surface area contributed by atoms with Crippen LogP contribution in [0.5, 0.6) is 11.5 Å². The zero-order valence-electron chi connectivity index (χ0n) is 19.3. The van der Waals surface area contributed by atoms with Gasteiger partial charge in [-0.15, -0.1) is 0 Å². The van der Waals surface area contributed by atoms with Crippen LogP contribution in [0.2, 0.25) is 0 Å². The van der Waals surface area contributed by atoms with Crippen LogP contribution in [0.1, 0.15) is 57.3 Å². The lowest BCUT2D eigenvalue weighted by Gasteiger charge is -2.39. The minimum Gasteiger partial charge on any atom is -0.497 e. The summed E-state index contributed by atoms with van der Waals surface area (Å²) in [6, 6.07) is 4.12. The fraction of sp³-hybridized carbons (Fsp3) is 0.609. The zero-order chi connectivity index (χ0) is 23.1. The SMILES string of the molecule is COc1cc(OC)cc(C(=O)N[C@H](C(=O)OCC(=O)N2C(C)CCCC2C)C(C)C)c1. The van der Waals surface area contributed by atoms with Gasteiger partial charge in [0.05, 0.1) is 14.2 Å². The van der Waals surface area contributed by atoms with E-state index in [-0.39, 0.29) is 30.5 Å². The van der Waals surface area contributed by atoms with E-state index in [1.807, 2.05) is 13.8 Å². The fourth-order valence-corrected chi connectivity index (χ4v) is 3.87. The molecule has 2 amide bonds.